The van der Waals surface area contributed by atoms with Crippen LogP contribution >= 0.6 is 15.9 Å². The Bertz CT molecular complexity index is 351. The molecule has 3 unspecified atom stereocenters. The number of anilines is 1. The molecule has 1 aliphatic heterocycles. The van der Waals surface area contributed by atoms with E-state index in [4.69, 9.17) is 0 Å². The fourth-order valence-corrected chi connectivity index (χ4v) is 2.90. The van der Waals surface area contributed by atoms with E-state index in [1.807, 2.05) is 18.3 Å². The van der Waals surface area contributed by atoms with Crippen LogP contribution in [0.15, 0.2) is 22.8 Å². The lowest BCUT2D eigenvalue weighted by Crippen LogP contribution is -2.41. The molecule has 4 heteroatoms. The standard InChI is InChI=1S/C11H14BrN3/c12-8-1-2-11(14-6-8)15-10-4-7-3-9(10)13-5-7/h1-2,6-7,9-10,13H,3-5H2,(H,14,15). The third-order valence-electron chi connectivity index (χ3n) is 3.39. The van der Waals surface area contributed by atoms with Crippen LogP contribution in [0.25, 0.3) is 0 Å². The fourth-order valence-electron chi connectivity index (χ4n) is 2.66. The molecule has 2 aliphatic rings. The van der Waals surface area contributed by atoms with Gasteiger partial charge in [0.05, 0.1) is 0 Å². The zero-order valence-electron chi connectivity index (χ0n) is 8.41. The first kappa shape index (κ1) is 9.60. The van der Waals surface area contributed by atoms with Crippen LogP contribution in [-0.2, 0) is 0 Å². The van der Waals surface area contributed by atoms with Crippen LogP contribution in [0.4, 0.5) is 5.82 Å². The summed E-state index contributed by atoms with van der Waals surface area (Å²) in [7, 11) is 0. The molecule has 3 rings (SSSR count). The second kappa shape index (κ2) is 3.76. The molecule has 0 spiro atoms. The Morgan fingerprint density at radius 1 is 1.40 bits per heavy atom. The molecule has 0 radical (unpaired) electrons. The van der Waals surface area contributed by atoms with Gasteiger partial charge in [-0.25, -0.2) is 4.98 Å². The Morgan fingerprint density at radius 3 is 2.93 bits per heavy atom. The number of nitrogens with zero attached hydrogens (tertiary/aromatic N) is 1. The Morgan fingerprint density at radius 2 is 2.33 bits per heavy atom. The summed E-state index contributed by atoms with van der Waals surface area (Å²) < 4.78 is 1.03. The fraction of sp³-hybridized carbons (Fsp3) is 0.545. The molecule has 1 aliphatic carbocycles. The minimum atomic E-state index is 0.567. The molecule has 2 bridgehead atoms. The third kappa shape index (κ3) is 1.88. The van der Waals surface area contributed by atoms with Crippen molar-refractivity contribution in [3.05, 3.63) is 22.8 Å². The number of aromatic nitrogens is 1. The van der Waals surface area contributed by atoms with Crippen LogP contribution in [0.5, 0.6) is 0 Å². The summed E-state index contributed by atoms with van der Waals surface area (Å²) >= 11 is 3.39. The number of rotatable bonds is 2. The van der Waals surface area contributed by atoms with Gasteiger partial charge in [0.1, 0.15) is 5.82 Å². The first-order chi connectivity index (χ1) is 7.31. The van der Waals surface area contributed by atoms with Crippen molar-refractivity contribution in [2.24, 2.45) is 5.92 Å². The Balaban J connectivity index is 1.68. The number of halogens is 1. The second-order valence-electron chi connectivity index (χ2n) is 4.46. The highest BCUT2D eigenvalue weighted by Gasteiger charge is 2.39. The van der Waals surface area contributed by atoms with Gasteiger partial charge in [-0.2, -0.15) is 0 Å². The van der Waals surface area contributed by atoms with Crippen molar-refractivity contribution in [2.75, 3.05) is 11.9 Å². The number of hydrogen-bond acceptors (Lipinski definition) is 3. The molecular weight excluding hydrogens is 254 g/mol. The summed E-state index contributed by atoms with van der Waals surface area (Å²) in [6.45, 7) is 1.20. The van der Waals surface area contributed by atoms with E-state index in [0.717, 1.165) is 16.2 Å². The molecular formula is C11H14BrN3. The lowest BCUT2D eigenvalue weighted by Gasteiger charge is -2.24. The molecule has 80 valence electrons. The van der Waals surface area contributed by atoms with Gasteiger partial charge in [-0.05, 0) is 53.4 Å². The average molecular weight is 268 g/mol. The molecule has 1 saturated carbocycles. The summed E-state index contributed by atoms with van der Waals surface area (Å²) in [5, 5.41) is 7.04. The summed E-state index contributed by atoms with van der Waals surface area (Å²) in [4.78, 5) is 4.34. The molecule has 2 heterocycles. The smallest absolute Gasteiger partial charge is 0.126 e. The SMILES string of the molecule is Brc1ccc(NC2CC3CNC2C3)nc1. The zero-order valence-corrected chi connectivity index (χ0v) is 10.00. The predicted octanol–water partition coefficient (Wildman–Crippen LogP) is 2.01. The molecule has 2 fully saturated rings. The molecule has 3 atom stereocenters. The normalized spacial score (nSPS) is 33.3. The molecule has 1 aromatic rings. The van der Waals surface area contributed by atoms with Crippen molar-refractivity contribution < 1.29 is 0 Å². The van der Waals surface area contributed by atoms with Crippen LogP contribution in [0, 0.1) is 5.92 Å². The highest BCUT2D eigenvalue weighted by Crippen LogP contribution is 2.32. The van der Waals surface area contributed by atoms with Gasteiger partial charge in [0, 0.05) is 22.8 Å². The maximum Gasteiger partial charge on any atom is 0.126 e. The summed E-state index contributed by atoms with van der Waals surface area (Å²) in [5.74, 6) is 1.86. The van der Waals surface area contributed by atoms with Gasteiger partial charge in [0.15, 0.2) is 0 Å². The van der Waals surface area contributed by atoms with Gasteiger partial charge >= 0.3 is 0 Å². The number of piperidine rings is 1. The monoisotopic (exact) mass is 267 g/mol. The lowest BCUT2D eigenvalue weighted by atomic mass is 10.1. The molecule has 2 N–H and O–H groups in total. The van der Waals surface area contributed by atoms with E-state index < -0.39 is 0 Å². The van der Waals surface area contributed by atoms with Crippen molar-refractivity contribution in [3.63, 3.8) is 0 Å². The third-order valence-corrected chi connectivity index (χ3v) is 3.86. The van der Waals surface area contributed by atoms with Gasteiger partial charge < -0.3 is 10.6 Å². The van der Waals surface area contributed by atoms with Gasteiger partial charge in [-0.3, -0.25) is 0 Å². The van der Waals surface area contributed by atoms with E-state index in [1.54, 1.807) is 0 Å². The van der Waals surface area contributed by atoms with Crippen LogP contribution in [0.1, 0.15) is 12.8 Å². The van der Waals surface area contributed by atoms with E-state index in [-0.39, 0.29) is 0 Å². The van der Waals surface area contributed by atoms with Crippen LogP contribution in [0.3, 0.4) is 0 Å². The number of pyridine rings is 1. The summed E-state index contributed by atoms with van der Waals surface area (Å²) in [5.41, 5.74) is 0. The quantitative estimate of drug-likeness (QED) is 0.861. The maximum absolute atomic E-state index is 4.34. The Labute approximate surface area is 97.8 Å². The highest BCUT2D eigenvalue weighted by molar-refractivity contribution is 9.10. The Hall–Kier alpha value is -0.610. The molecule has 3 nitrogen and oxygen atoms in total. The van der Waals surface area contributed by atoms with Gasteiger partial charge in [0.25, 0.3) is 0 Å². The molecule has 0 aromatic carbocycles. The van der Waals surface area contributed by atoms with Crippen molar-refractivity contribution >= 4 is 21.7 Å². The van der Waals surface area contributed by atoms with Gasteiger partial charge in [0.2, 0.25) is 0 Å². The lowest BCUT2D eigenvalue weighted by molar-refractivity contribution is 0.465. The van der Waals surface area contributed by atoms with Gasteiger partial charge in [-0.15, -0.1) is 0 Å². The minimum absolute atomic E-state index is 0.567. The van der Waals surface area contributed by atoms with Crippen molar-refractivity contribution in [1.29, 1.82) is 0 Å². The molecule has 15 heavy (non-hydrogen) atoms. The van der Waals surface area contributed by atoms with Crippen LogP contribution in [-0.4, -0.2) is 23.6 Å². The largest absolute Gasteiger partial charge is 0.366 e. The van der Waals surface area contributed by atoms with E-state index in [1.165, 1.54) is 19.4 Å². The topological polar surface area (TPSA) is 37.0 Å². The number of nitrogens with one attached hydrogen (secondary N) is 2. The van der Waals surface area contributed by atoms with Crippen molar-refractivity contribution in [3.8, 4) is 0 Å². The zero-order chi connectivity index (χ0) is 10.3. The first-order valence-electron chi connectivity index (χ1n) is 5.43. The van der Waals surface area contributed by atoms with E-state index in [0.29, 0.717) is 12.1 Å². The number of fused-ring (bicyclic) bond motifs is 2. The average Bonchev–Trinajstić information content (AvgIpc) is 2.83. The second-order valence-corrected chi connectivity index (χ2v) is 5.38. The molecule has 1 saturated heterocycles. The predicted molar refractivity (Wildman–Crippen MR) is 63.9 cm³/mol. The molecule has 0 amide bonds. The van der Waals surface area contributed by atoms with E-state index in [9.17, 15) is 0 Å². The van der Waals surface area contributed by atoms with Crippen LogP contribution in [0.2, 0.25) is 0 Å². The van der Waals surface area contributed by atoms with Crippen molar-refractivity contribution in [2.45, 2.75) is 24.9 Å². The summed E-state index contributed by atoms with van der Waals surface area (Å²) in [6.07, 6.45) is 4.45. The number of hydrogen-bond donors (Lipinski definition) is 2. The van der Waals surface area contributed by atoms with E-state index >= 15 is 0 Å². The maximum atomic E-state index is 4.34. The van der Waals surface area contributed by atoms with E-state index in [2.05, 4.69) is 31.5 Å². The van der Waals surface area contributed by atoms with Gasteiger partial charge in [-0.1, -0.05) is 0 Å². The van der Waals surface area contributed by atoms with Crippen LogP contribution < -0.4 is 10.6 Å². The minimum Gasteiger partial charge on any atom is -0.366 e. The molecule has 1 aromatic heterocycles. The Kier molecular flexibility index (Phi) is 2.41. The summed E-state index contributed by atoms with van der Waals surface area (Å²) in [6, 6.07) is 5.27. The first-order valence-corrected chi connectivity index (χ1v) is 6.22. The van der Waals surface area contributed by atoms with Crippen molar-refractivity contribution in [1.82, 2.24) is 10.3 Å². The highest BCUT2D eigenvalue weighted by atomic mass is 79.9.